The van der Waals surface area contributed by atoms with Crippen LogP contribution in [0, 0.1) is 0 Å². The maximum atomic E-state index is 13.0. The number of H-pyrrole nitrogens is 1. The van der Waals surface area contributed by atoms with Crippen molar-refractivity contribution in [2.45, 2.75) is 0 Å². The first-order valence-corrected chi connectivity index (χ1v) is 9.04. The molecule has 0 spiro atoms. The topological polar surface area (TPSA) is 121 Å². The molecule has 0 unspecified atom stereocenters. The van der Waals surface area contributed by atoms with Gasteiger partial charge in [0.1, 0.15) is 17.1 Å². The van der Waals surface area contributed by atoms with Gasteiger partial charge in [0.25, 0.3) is 11.5 Å². The fraction of sp³-hybridized carbons (Fsp3) is 0.190. The first kappa shape index (κ1) is 21.5. The van der Waals surface area contributed by atoms with Crippen molar-refractivity contribution in [3.05, 3.63) is 69.0 Å². The molecule has 0 atom stereocenters. The van der Waals surface area contributed by atoms with Crippen molar-refractivity contribution in [2.24, 2.45) is 0 Å². The van der Waals surface area contributed by atoms with Crippen molar-refractivity contribution in [2.75, 3.05) is 33.8 Å². The van der Waals surface area contributed by atoms with E-state index in [2.05, 4.69) is 10.3 Å². The fourth-order valence-corrected chi connectivity index (χ4v) is 2.93. The van der Waals surface area contributed by atoms with E-state index in [9.17, 15) is 14.4 Å². The van der Waals surface area contributed by atoms with Crippen LogP contribution in [-0.4, -0.2) is 43.9 Å². The van der Waals surface area contributed by atoms with Crippen molar-refractivity contribution in [3.8, 4) is 28.7 Å². The molecule has 10 nitrogen and oxygen atoms in total. The van der Waals surface area contributed by atoms with Crippen molar-refractivity contribution in [1.29, 1.82) is 0 Å². The van der Waals surface area contributed by atoms with E-state index in [0.29, 0.717) is 28.7 Å². The molecule has 3 rings (SSSR count). The molecule has 0 fully saturated rings. The quantitative estimate of drug-likeness (QED) is 0.590. The lowest BCUT2D eigenvalue weighted by Gasteiger charge is -2.13. The van der Waals surface area contributed by atoms with Crippen LogP contribution in [0.4, 0.5) is 5.69 Å². The smallest absolute Gasteiger partial charge is 0.333 e. The minimum atomic E-state index is -0.805. The summed E-state index contributed by atoms with van der Waals surface area (Å²) < 4.78 is 21.6. The Balaban J connectivity index is 2.02. The predicted octanol–water partition coefficient (Wildman–Crippen LogP) is 1.81. The average molecular weight is 427 g/mol. The lowest BCUT2D eigenvalue weighted by atomic mass is 10.2. The summed E-state index contributed by atoms with van der Waals surface area (Å²) in [6.45, 7) is 0. The van der Waals surface area contributed by atoms with Crippen LogP contribution in [0.3, 0.4) is 0 Å². The lowest BCUT2D eigenvalue weighted by Crippen LogP contribution is -2.38. The average Bonchev–Trinajstić information content (AvgIpc) is 2.79. The number of hydrogen-bond donors (Lipinski definition) is 2. The number of aromatic nitrogens is 2. The van der Waals surface area contributed by atoms with Gasteiger partial charge in [-0.15, -0.1) is 0 Å². The molecule has 0 aliphatic rings. The highest BCUT2D eigenvalue weighted by atomic mass is 16.5. The summed E-state index contributed by atoms with van der Waals surface area (Å²) in [7, 11) is 5.84. The Morgan fingerprint density at radius 2 is 1.58 bits per heavy atom. The lowest BCUT2D eigenvalue weighted by molar-refractivity contribution is 0.102. The number of nitrogens with one attached hydrogen (secondary N) is 2. The molecule has 162 valence electrons. The van der Waals surface area contributed by atoms with Gasteiger partial charge in [0.05, 0.1) is 39.8 Å². The Morgan fingerprint density at radius 1 is 0.871 bits per heavy atom. The third kappa shape index (κ3) is 4.22. The Labute approximate surface area is 177 Å². The summed E-state index contributed by atoms with van der Waals surface area (Å²) in [5, 5.41) is 2.61. The summed E-state index contributed by atoms with van der Waals surface area (Å²) in [4.78, 5) is 40.6. The fourth-order valence-electron chi connectivity index (χ4n) is 2.93. The minimum Gasteiger partial charge on any atom is -0.497 e. The largest absolute Gasteiger partial charge is 0.497 e. The van der Waals surface area contributed by atoms with Gasteiger partial charge < -0.3 is 29.2 Å². The zero-order valence-corrected chi connectivity index (χ0v) is 17.3. The summed E-state index contributed by atoms with van der Waals surface area (Å²) >= 11 is 0. The second-order valence-electron chi connectivity index (χ2n) is 6.21. The van der Waals surface area contributed by atoms with E-state index in [0.717, 1.165) is 10.8 Å². The molecule has 2 N–H and O–H groups in total. The van der Waals surface area contributed by atoms with Gasteiger partial charge in [0, 0.05) is 18.3 Å². The highest BCUT2D eigenvalue weighted by molar-refractivity contribution is 6.04. The van der Waals surface area contributed by atoms with Crippen LogP contribution in [0.5, 0.6) is 23.0 Å². The maximum Gasteiger partial charge on any atom is 0.333 e. The number of nitrogens with zero attached hydrogens (tertiary/aromatic N) is 1. The number of hydrogen-bond acceptors (Lipinski definition) is 7. The Morgan fingerprint density at radius 3 is 2.23 bits per heavy atom. The molecule has 0 saturated carbocycles. The van der Waals surface area contributed by atoms with E-state index in [1.807, 2.05) is 0 Å². The molecule has 1 amide bonds. The van der Waals surface area contributed by atoms with E-state index < -0.39 is 17.2 Å². The molecule has 3 aromatic rings. The van der Waals surface area contributed by atoms with Crippen molar-refractivity contribution >= 4 is 11.6 Å². The molecular weight excluding hydrogens is 406 g/mol. The number of carbonyl (C=O) groups excluding carboxylic acids is 1. The van der Waals surface area contributed by atoms with Crippen LogP contribution in [-0.2, 0) is 0 Å². The molecular formula is C21H21N3O7. The highest BCUT2D eigenvalue weighted by Gasteiger charge is 2.18. The number of rotatable bonds is 7. The second-order valence-corrected chi connectivity index (χ2v) is 6.21. The number of anilines is 1. The van der Waals surface area contributed by atoms with Crippen LogP contribution < -0.4 is 35.5 Å². The number of amides is 1. The van der Waals surface area contributed by atoms with Gasteiger partial charge in [-0.05, 0) is 24.3 Å². The number of ether oxygens (including phenoxy) is 4. The normalized spacial score (nSPS) is 10.3. The monoisotopic (exact) mass is 427 g/mol. The molecule has 0 bridgehead atoms. The van der Waals surface area contributed by atoms with Gasteiger partial charge in [-0.2, -0.15) is 0 Å². The zero-order chi connectivity index (χ0) is 22.5. The Kier molecular flexibility index (Phi) is 6.29. The number of methoxy groups -OCH3 is 4. The summed E-state index contributed by atoms with van der Waals surface area (Å²) in [6, 6.07) is 9.32. The highest BCUT2D eigenvalue weighted by Crippen LogP contribution is 2.30. The third-order valence-electron chi connectivity index (χ3n) is 4.50. The van der Waals surface area contributed by atoms with Crippen LogP contribution in [0.1, 0.15) is 10.4 Å². The first-order valence-electron chi connectivity index (χ1n) is 9.04. The van der Waals surface area contributed by atoms with Gasteiger partial charge in [0.15, 0.2) is 11.5 Å². The predicted molar refractivity (Wildman–Crippen MR) is 113 cm³/mol. The summed E-state index contributed by atoms with van der Waals surface area (Å²) in [6.07, 6.45) is 1.06. The molecule has 10 heteroatoms. The second kappa shape index (κ2) is 9.08. The van der Waals surface area contributed by atoms with Crippen molar-refractivity contribution < 1.29 is 23.7 Å². The van der Waals surface area contributed by atoms with Gasteiger partial charge >= 0.3 is 5.69 Å². The van der Waals surface area contributed by atoms with Crippen LogP contribution in [0.25, 0.3) is 5.69 Å². The molecule has 0 aliphatic heterocycles. The maximum absolute atomic E-state index is 13.0. The Hall–Kier alpha value is -4.21. The van der Waals surface area contributed by atoms with E-state index in [-0.39, 0.29) is 11.3 Å². The molecule has 31 heavy (non-hydrogen) atoms. The molecule has 1 heterocycles. The van der Waals surface area contributed by atoms with Gasteiger partial charge in [-0.3, -0.25) is 9.59 Å². The Bertz CT molecular complexity index is 1230. The van der Waals surface area contributed by atoms with Crippen LogP contribution >= 0.6 is 0 Å². The van der Waals surface area contributed by atoms with Crippen molar-refractivity contribution in [1.82, 2.24) is 9.55 Å². The van der Waals surface area contributed by atoms with Crippen molar-refractivity contribution in [3.63, 3.8) is 0 Å². The van der Waals surface area contributed by atoms with E-state index in [4.69, 9.17) is 18.9 Å². The molecule has 0 aliphatic carbocycles. The van der Waals surface area contributed by atoms with Gasteiger partial charge in [-0.25, -0.2) is 9.36 Å². The minimum absolute atomic E-state index is 0.209. The molecule has 2 aromatic carbocycles. The number of carbonyl (C=O) groups is 1. The van der Waals surface area contributed by atoms with Gasteiger partial charge in [0.2, 0.25) is 0 Å². The van der Waals surface area contributed by atoms with E-state index in [1.54, 1.807) is 24.3 Å². The standard InChI is InChI=1S/C21H21N3O7/c1-28-13-6-7-15(17(10-13)30-3)23-19(25)14-11-22-21(27)24(20(14)26)12-5-8-16(29-2)18(9-12)31-4/h5-11H,1-4H3,(H,22,27)(H,23,25). The SMILES string of the molecule is COc1ccc(NC(=O)c2c[nH]c(=O)n(-c3ccc(OC)c(OC)c3)c2=O)c(OC)c1. The van der Waals surface area contributed by atoms with E-state index in [1.165, 1.54) is 40.6 Å². The summed E-state index contributed by atoms with van der Waals surface area (Å²) in [5.74, 6) is 0.909. The van der Waals surface area contributed by atoms with Gasteiger partial charge in [-0.1, -0.05) is 0 Å². The zero-order valence-electron chi connectivity index (χ0n) is 17.3. The molecule has 1 aromatic heterocycles. The summed E-state index contributed by atoms with van der Waals surface area (Å²) in [5.41, 5.74) is -1.25. The number of aromatic amines is 1. The molecule has 0 radical (unpaired) electrons. The van der Waals surface area contributed by atoms with Crippen LogP contribution in [0.15, 0.2) is 52.2 Å². The van der Waals surface area contributed by atoms with E-state index >= 15 is 0 Å². The third-order valence-corrected chi connectivity index (χ3v) is 4.50. The number of benzene rings is 2. The molecule has 0 saturated heterocycles. The first-order chi connectivity index (χ1) is 14.9. The van der Waals surface area contributed by atoms with Crippen LogP contribution in [0.2, 0.25) is 0 Å².